The highest BCUT2D eigenvalue weighted by Crippen LogP contribution is 2.22. The van der Waals surface area contributed by atoms with E-state index in [0.717, 1.165) is 0 Å². The number of benzene rings is 2. The Labute approximate surface area is 130 Å². The Morgan fingerprint density at radius 2 is 1.50 bits per heavy atom. The third-order valence-corrected chi connectivity index (χ3v) is 4.20. The quantitative estimate of drug-likeness (QED) is 0.666. The van der Waals surface area contributed by atoms with Crippen LogP contribution in [-0.4, -0.2) is 41.6 Å². The monoisotopic (exact) mass is 298 g/mol. The number of hydrogen-bond acceptors (Lipinski definition) is 4. The van der Waals surface area contributed by atoms with Gasteiger partial charge in [-0.15, -0.1) is 0 Å². The van der Waals surface area contributed by atoms with Crippen LogP contribution in [0.2, 0.25) is 0 Å². The van der Waals surface area contributed by atoms with Crippen LogP contribution >= 0.6 is 0 Å². The predicted octanol–water partition coefficient (Wildman–Crippen LogP) is 1.06. The molecule has 3 atom stereocenters. The molecule has 2 aromatic rings. The summed E-state index contributed by atoms with van der Waals surface area (Å²) in [6.07, 6.45) is -1.40. The van der Waals surface area contributed by atoms with Gasteiger partial charge in [0, 0.05) is 19.1 Å². The highest BCUT2D eigenvalue weighted by atomic mass is 16.3. The van der Waals surface area contributed by atoms with Crippen molar-refractivity contribution in [1.29, 1.82) is 0 Å². The first kappa shape index (κ1) is 15.2. The normalized spacial score (nSPS) is 24.8. The molecule has 22 heavy (non-hydrogen) atoms. The highest BCUT2D eigenvalue weighted by molar-refractivity contribution is 5.31. The maximum atomic E-state index is 9.96. The van der Waals surface area contributed by atoms with Gasteiger partial charge in [-0.1, -0.05) is 60.7 Å². The molecule has 1 aliphatic rings. The average molecular weight is 298 g/mol. The van der Waals surface area contributed by atoms with Crippen LogP contribution in [0.3, 0.4) is 0 Å². The fourth-order valence-corrected chi connectivity index (χ4v) is 2.94. The van der Waals surface area contributed by atoms with Gasteiger partial charge >= 0.3 is 0 Å². The van der Waals surface area contributed by atoms with Gasteiger partial charge in [0.05, 0.1) is 18.2 Å². The second kappa shape index (κ2) is 7.03. The van der Waals surface area contributed by atoms with Crippen molar-refractivity contribution in [3.63, 3.8) is 0 Å². The zero-order valence-electron chi connectivity index (χ0n) is 12.4. The van der Waals surface area contributed by atoms with Crippen LogP contribution in [0.1, 0.15) is 17.2 Å². The lowest BCUT2D eigenvalue weighted by atomic mass is 9.98. The number of aliphatic hydroxyl groups excluding tert-OH is 2. The summed E-state index contributed by atoms with van der Waals surface area (Å²) in [5, 5.41) is 26.2. The lowest BCUT2D eigenvalue weighted by Crippen LogP contribution is -2.42. The van der Waals surface area contributed by atoms with Gasteiger partial charge in [0.1, 0.15) is 0 Å². The van der Waals surface area contributed by atoms with E-state index in [1.54, 1.807) is 0 Å². The number of aliphatic hydroxyl groups is 2. The minimum atomic E-state index is -0.723. The summed E-state index contributed by atoms with van der Waals surface area (Å²) in [5.74, 6) is 0. The summed E-state index contributed by atoms with van der Waals surface area (Å²) >= 11 is 0. The SMILES string of the molecule is O[C@H]1[C@@H](O)CN[C@@H]1CNC(c1ccccc1)c1ccccc1. The minimum Gasteiger partial charge on any atom is -0.389 e. The molecule has 0 aliphatic carbocycles. The molecule has 1 heterocycles. The van der Waals surface area contributed by atoms with Gasteiger partial charge in [-0.05, 0) is 11.1 Å². The van der Waals surface area contributed by atoms with Crippen LogP contribution in [0.4, 0.5) is 0 Å². The summed E-state index contributed by atoms with van der Waals surface area (Å²) in [5.41, 5.74) is 2.36. The Kier molecular flexibility index (Phi) is 4.85. The van der Waals surface area contributed by atoms with Crippen molar-refractivity contribution in [2.24, 2.45) is 0 Å². The van der Waals surface area contributed by atoms with Crippen molar-refractivity contribution in [3.05, 3.63) is 71.8 Å². The molecule has 3 rings (SSSR count). The van der Waals surface area contributed by atoms with Gasteiger partial charge in [-0.2, -0.15) is 0 Å². The zero-order valence-corrected chi connectivity index (χ0v) is 12.4. The summed E-state index contributed by atoms with van der Waals surface area (Å²) in [6, 6.07) is 20.4. The first-order valence-electron chi connectivity index (χ1n) is 7.68. The molecule has 1 saturated heterocycles. The molecule has 0 saturated carbocycles. The van der Waals surface area contributed by atoms with Crippen LogP contribution in [0.5, 0.6) is 0 Å². The Bertz CT molecular complexity index is 537. The molecule has 2 aromatic carbocycles. The number of rotatable bonds is 5. The lowest BCUT2D eigenvalue weighted by Gasteiger charge is -2.23. The fourth-order valence-electron chi connectivity index (χ4n) is 2.94. The molecular formula is C18H22N2O2. The second-order valence-electron chi connectivity index (χ2n) is 5.74. The zero-order chi connectivity index (χ0) is 15.4. The van der Waals surface area contributed by atoms with Crippen molar-refractivity contribution in [2.75, 3.05) is 13.1 Å². The number of hydrogen-bond donors (Lipinski definition) is 4. The Morgan fingerprint density at radius 3 is 1.95 bits per heavy atom. The van der Waals surface area contributed by atoms with E-state index in [1.807, 2.05) is 36.4 Å². The summed E-state index contributed by atoms with van der Waals surface area (Å²) in [4.78, 5) is 0. The molecule has 1 fully saturated rings. The van der Waals surface area contributed by atoms with E-state index < -0.39 is 12.2 Å². The lowest BCUT2D eigenvalue weighted by molar-refractivity contribution is 0.0405. The maximum absolute atomic E-state index is 9.96. The molecule has 0 spiro atoms. The first-order valence-corrected chi connectivity index (χ1v) is 7.68. The molecule has 0 radical (unpaired) electrons. The molecule has 4 N–H and O–H groups in total. The van der Waals surface area contributed by atoms with Crippen molar-refractivity contribution in [1.82, 2.24) is 10.6 Å². The molecule has 0 aromatic heterocycles. The Balaban J connectivity index is 1.75. The van der Waals surface area contributed by atoms with Crippen LogP contribution < -0.4 is 10.6 Å². The van der Waals surface area contributed by atoms with Gasteiger partial charge in [-0.25, -0.2) is 0 Å². The first-order chi connectivity index (χ1) is 10.8. The van der Waals surface area contributed by atoms with Crippen LogP contribution in [-0.2, 0) is 0 Å². The van der Waals surface area contributed by atoms with E-state index in [9.17, 15) is 10.2 Å². The third kappa shape index (κ3) is 3.36. The summed E-state index contributed by atoms with van der Waals surface area (Å²) in [7, 11) is 0. The molecule has 1 aliphatic heterocycles. The molecule has 0 bridgehead atoms. The average Bonchev–Trinajstić information content (AvgIpc) is 2.89. The Morgan fingerprint density at radius 1 is 0.955 bits per heavy atom. The number of nitrogens with one attached hydrogen (secondary N) is 2. The van der Waals surface area contributed by atoms with E-state index in [2.05, 4.69) is 34.9 Å². The molecular weight excluding hydrogens is 276 g/mol. The van der Waals surface area contributed by atoms with Crippen LogP contribution in [0.15, 0.2) is 60.7 Å². The van der Waals surface area contributed by atoms with E-state index in [1.165, 1.54) is 11.1 Å². The summed E-state index contributed by atoms with van der Waals surface area (Å²) < 4.78 is 0. The predicted molar refractivity (Wildman–Crippen MR) is 86.5 cm³/mol. The van der Waals surface area contributed by atoms with Crippen molar-refractivity contribution in [2.45, 2.75) is 24.3 Å². The fraction of sp³-hybridized carbons (Fsp3) is 0.333. The Hall–Kier alpha value is -1.72. The highest BCUT2D eigenvalue weighted by Gasteiger charge is 2.33. The van der Waals surface area contributed by atoms with Crippen molar-refractivity contribution < 1.29 is 10.2 Å². The molecule has 116 valence electrons. The molecule has 0 amide bonds. The molecule has 4 nitrogen and oxygen atoms in total. The van der Waals surface area contributed by atoms with Crippen LogP contribution in [0, 0.1) is 0 Å². The van der Waals surface area contributed by atoms with Gasteiger partial charge in [-0.3, -0.25) is 0 Å². The van der Waals surface area contributed by atoms with Gasteiger partial charge in [0.15, 0.2) is 0 Å². The van der Waals surface area contributed by atoms with E-state index in [-0.39, 0.29) is 12.1 Å². The van der Waals surface area contributed by atoms with E-state index in [4.69, 9.17) is 0 Å². The second-order valence-corrected chi connectivity index (χ2v) is 5.74. The van der Waals surface area contributed by atoms with E-state index in [0.29, 0.717) is 13.1 Å². The smallest absolute Gasteiger partial charge is 0.0976 e. The summed E-state index contributed by atoms with van der Waals surface area (Å²) in [6.45, 7) is 1.03. The van der Waals surface area contributed by atoms with Gasteiger partial charge in [0.2, 0.25) is 0 Å². The largest absolute Gasteiger partial charge is 0.389 e. The molecule has 0 unspecified atom stereocenters. The number of β-amino-alcohol motifs (C(OH)–C–C–N with tert-alkyl or cyclic N) is 1. The third-order valence-electron chi connectivity index (χ3n) is 4.20. The van der Waals surface area contributed by atoms with Crippen LogP contribution in [0.25, 0.3) is 0 Å². The maximum Gasteiger partial charge on any atom is 0.0976 e. The minimum absolute atomic E-state index is 0.0640. The van der Waals surface area contributed by atoms with Gasteiger partial charge < -0.3 is 20.8 Å². The van der Waals surface area contributed by atoms with E-state index >= 15 is 0 Å². The van der Waals surface area contributed by atoms with Crippen molar-refractivity contribution in [3.8, 4) is 0 Å². The topological polar surface area (TPSA) is 64.5 Å². The van der Waals surface area contributed by atoms with Crippen molar-refractivity contribution >= 4 is 0 Å². The standard InChI is InChI=1S/C18H22N2O2/c21-16-12-19-15(18(16)22)11-20-17(13-7-3-1-4-8-13)14-9-5-2-6-10-14/h1-10,15-22H,11-12H2/t15-,16+,18-/m1/s1. The van der Waals surface area contributed by atoms with Gasteiger partial charge in [0.25, 0.3) is 0 Å². The molecule has 4 heteroatoms.